The number of halogens is 3. The van der Waals surface area contributed by atoms with Gasteiger partial charge in [0.2, 0.25) is 10.0 Å². The summed E-state index contributed by atoms with van der Waals surface area (Å²) in [7, 11) is -3.46. The van der Waals surface area contributed by atoms with Gasteiger partial charge >= 0.3 is 0 Å². The molecular formula is C16H13BrCl2N4O2S. The molecular weight excluding hydrogens is 463 g/mol. The smallest absolute Gasteiger partial charge is 0.235 e. The molecule has 0 aliphatic heterocycles. The van der Waals surface area contributed by atoms with E-state index in [4.69, 9.17) is 23.2 Å². The number of benzene rings is 1. The molecule has 1 aromatic carbocycles. The van der Waals surface area contributed by atoms with Gasteiger partial charge in [0.25, 0.3) is 0 Å². The molecule has 4 rings (SSSR count). The summed E-state index contributed by atoms with van der Waals surface area (Å²) in [6, 6.07) is 8.77. The van der Waals surface area contributed by atoms with Crippen LogP contribution in [0, 0.1) is 0 Å². The lowest BCUT2D eigenvalue weighted by atomic mass is 10.2. The summed E-state index contributed by atoms with van der Waals surface area (Å²) in [4.78, 5) is 0. The number of rotatable bonds is 5. The van der Waals surface area contributed by atoms with Crippen molar-refractivity contribution >= 4 is 71.7 Å². The fourth-order valence-electron chi connectivity index (χ4n) is 2.56. The highest BCUT2D eigenvalue weighted by Crippen LogP contribution is 2.39. The Kier molecular flexibility index (Phi) is 4.54. The number of hydrogen-bond donors (Lipinski definition) is 2. The number of nitrogens with zero attached hydrogens (tertiary/aromatic N) is 2. The second-order valence-corrected chi connectivity index (χ2v) is 9.63. The SMILES string of the molecule is O=S(=O)(Nc1cc2ccnn2c(Cl)c1Nc1ccc(Br)cc1Cl)C1CC1. The molecule has 0 unspecified atom stereocenters. The quantitative estimate of drug-likeness (QED) is 0.506. The van der Waals surface area contributed by atoms with Gasteiger partial charge in [-0.25, -0.2) is 12.9 Å². The summed E-state index contributed by atoms with van der Waals surface area (Å²) in [6.07, 6.45) is 2.93. The van der Waals surface area contributed by atoms with E-state index in [-0.39, 0.29) is 10.4 Å². The average Bonchev–Trinajstić information content (AvgIpc) is 3.33. The second kappa shape index (κ2) is 6.60. The van der Waals surface area contributed by atoms with E-state index in [0.29, 0.717) is 40.4 Å². The van der Waals surface area contributed by atoms with Crippen LogP contribution in [0.15, 0.2) is 41.0 Å². The van der Waals surface area contributed by atoms with Crippen molar-refractivity contribution in [2.45, 2.75) is 18.1 Å². The van der Waals surface area contributed by atoms with Crippen LogP contribution in [0.4, 0.5) is 17.1 Å². The Bertz CT molecular complexity index is 1110. The average molecular weight is 476 g/mol. The summed E-state index contributed by atoms with van der Waals surface area (Å²) >= 11 is 16.1. The lowest BCUT2D eigenvalue weighted by Crippen LogP contribution is -2.18. The summed E-state index contributed by atoms with van der Waals surface area (Å²) in [5.74, 6) is 0. The van der Waals surface area contributed by atoms with Gasteiger partial charge in [0.1, 0.15) is 5.69 Å². The molecule has 1 fully saturated rings. The zero-order valence-electron chi connectivity index (χ0n) is 13.2. The van der Waals surface area contributed by atoms with Gasteiger partial charge < -0.3 is 5.32 Å². The molecule has 6 nitrogen and oxygen atoms in total. The Morgan fingerprint density at radius 2 is 1.92 bits per heavy atom. The fourth-order valence-corrected chi connectivity index (χ4v) is 4.97. The highest BCUT2D eigenvalue weighted by molar-refractivity contribution is 9.10. The predicted octanol–water partition coefficient (Wildman–Crippen LogP) is 5.05. The third kappa shape index (κ3) is 3.38. The number of hydrogen-bond acceptors (Lipinski definition) is 4. The van der Waals surface area contributed by atoms with E-state index in [0.717, 1.165) is 4.47 Å². The van der Waals surface area contributed by atoms with Crippen molar-refractivity contribution in [1.82, 2.24) is 9.61 Å². The molecule has 2 N–H and O–H groups in total. The van der Waals surface area contributed by atoms with Gasteiger partial charge in [-0.15, -0.1) is 0 Å². The van der Waals surface area contributed by atoms with Crippen LogP contribution in [0.3, 0.4) is 0 Å². The molecule has 1 saturated carbocycles. The Hall–Kier alpha value is -1.48. The Morgan fingerprint density at radius 3 is 2.62 bits per heavy atom. The number of anilines is 3. The largest absolute Gasteiger partial charge is 0.350 e. The molecule has 2 aromatic heterocycles. The third-order valence-corrected chi connectivity index (χ3v) is 7.04. The number of aromatic nitrogens is 2. The van der Waals surface area contributed by atoms with E-state index in [1.54, 1.807) is 30.5 Å². The van der Waals surface area contributed by atoms with Gasteiger partial charge in [0, 0.05) is 4.47 Å². The highest BCUT2D eigenvalue weighted by atomic mass is 79.9. The first-order valence-corrected chi connectivity index (χ1v) is 10.8. The van der Waals surface area contributed by atoms with Crippen molar-refractivity contribution in [3.63, 3.8) is 0 Å². The van der Waals surface area contributed by atoms with Crippen LogP contribution in [0.2, 0.25) is 10.2 Å². The fraction of sp³-hybridized carbons (Fsp3) is 0.188. The van der Waals surface area contributed by atoms with E-state index in [1.807, 2.05) is 6.07 Å². The minimum absolute atomic E-state index is 0.250. The van der Waals surface area contributed by atoms with E-state index in [1.165, 1.54) is 4.52 Å². The monoisotopic (exact) mass is 474 g/mol. The lowest BCUT2D eigenvalue weighted by Gasteiger charge is -2.17. The molecule has 0 amide bonds. The summed E-state index contributed by atoms with van der Waals surface area (Å²) < 4.78 is 29.9. The van der Waals surface area contributed by atoms with Crippen LogP contribution in [0.1, 0.15) is 12.8 Å². The predicted molar refractivity (Wildman–Crippen MR) is 108 cm³/mol. The van der Waals surface area contributed by atoms with Crippen LogP contribution in [-0.2, 0) is 10.0 Å². The molecule has 0 atom stereocenters. The molecule has 3 aromatic rings. The number of pyridine rings is 1. The normalized spacial score (nSPS) is 14.6. The third-order valence-electron chi connectivity index (χ3n) is 4.03. The van der Waals surface area contributed by atoms with E-state index < -0.39 is 10.0 Å². The van der Waals surface area contributed by atoms with Crippen LogP contribution >= 0.6 is 39.1 Å². The number of nitrogens with one attached hydrogen (secondary N) is 2. The first kappa shape index (κ1) is 17.9. The minimum atomic E-state index is -3.46. The van der Waals surface area contributed by atoms with E-state index in [2.05, 4.69) is 31.1 Å². The topological polar surface area (TPSA) is 75.5 Å². The molecule has 136 valence electrons. The van der Waals surface area contributed by atoms with Gasteiger partial charge in [0.15, 0.2) is 5.15 Å². The second-order valence-electron chi connectivity index (χ2n) is 5.99. The van der Waals surface area contributed by atoms with Crippen LogP contribution < -0.4 is 10.0 Å². The Labute approximate surface area is 168 Å². The maximum Gasteiger partial charge on any atom is 0.235 e. The zero-order valence-corrected chi connectivity index (χ0v) is 17.1. The van der Waals surface area contributed by atoms with Crippen molar-refractivity contribution in [2.75, 3.05) is 10.0 Å². The lowest BCUT2D eigenvalue weighted by molar-refractivity contribution is 0.600. The molecule has 0 radical (unpaired) electrons. The first-order chi connectivity index (χ1) is 12.3. The van der Waals surface area contributed by atoms with E-state index in [9.17, 15) is 8.42 Å². The van der Waals surface area contributed by atoms with Crippen molar-refractivity contribution < 1.29 is 8.42 Å². The number of sulfonamides is 1. The van der Waals surface area contributed by atoms with Crippen LogP contribution in [-0.4, -0.2) is 23.3 Å². The Morgan fingerprint density at radius 1 is 1.15 bits per heavy atom. The minimum Gasteiger partial charge on any atom is -0.350 e. The van der Waals surface area contributed by atoms with Crippen LogP contribution in [0.5, 0.6) is 0 Å². The van der Waals surface area contributed by atoms with Crippen molar-refractivity contribution in [1.29, 1.82) is 0 Å². The zero-order chi connectivity index (χ0) is 18.5. The summed E-state index contributed by atoms with van der Waals surface area (Å²) in [5, 5.41) is 7.66. The molecule has 26 heavy (non-hydrogen) atoms. The van der Waals surface area contributed by atoms with Crippen molar-refractivity contribution in [2.24, 2.45) is 0 Å². The van der Waals surface area contributed by atoms with Gasteiger partial charge in [0.05, 0.1) is 33.4 Å². The van der Waals surface area contributed by atoms with Gasteiger partial charge in [-0.1, -0.05) is 39.1 Å². The Balaban J connectivity index is 1.82. The van der Waals surface area contributed by atoms with Crippen LogP contribution in [0.25, 0.3) is 5.52 Å². The highest BCUT2D eigenvalue weighted by Gasteiger charge is 2.36. The summed E-state index contributed by atoms with van der Waals surface area (Å²) in [6.45, 7) is 0. The van der Waals surface area contributed by atoms with Gasteiger partial charge in [-0.2, -0.15) is 5.10 Å². The maximum atomic E-state index is 12.4. The molecule has 0 bridgehead atoms. The molecule has 2 heterocycles. The molecule has 0 spiro atoms. The van der Waals surface area contributed by atoms with Gasteiger partial charge in [-0.05, 0) is 43.2 Å². The standard InChI is InChI=1S/C16H13BrCl2N4O2S/c17-9-1-4-13(12(18)7-9)21-15-14(22-26(24,25)11-2-3-11)8-10-5-6-20-23(10)16(15)19/h1,4-8,11,21-22H,2-3H2. The molecule has 1 aliphatic carbocycles. The molecule has 1 aliphatic rings. The summed E-state index contributed by atoms with van der Waals surface area (Å²) in [5.41, 5.74) is 2.01. The first-order valence-electron chi connectivity index (χ1n) is 7.75. The van der Waals surface area contributed by atoms with E-state index >= 15 is 0 Å². The van der Waals surface area contributed by atoms with Gasteiger partial charge in [-0.3, -0.25) is 4.72 Å². The van der Waals surface area contributed by atoms with Crippen molar-refractivity contribution in [3.8, 4) is 0 Å². The number of fused-ring (bicyclic) bond motifs is 1. The maximum absolute atomic E-state index is 12.4. The van der Waals surface area contributed by atoms with Crippen molar-refractivity contribution in [3.05, 3.63) is 51.2 Å². The molecule has 0 saturated heterocycles. The molecule has 10 heteroatoms.